The molecule has 0 fully saturated rings. The summed E-state index contributed by atoms with van der Waals surface area (Å²) in [6.07, 6.45) is 2.66. The van der Waals surface area contributed by atoms with E-state index in [9.17, 15) is 19.7 Å². The molecule has 0 saturated heterocycles. The molecule has 156 valence electrons. The quantitative estimate of drug-likeness (QED) is 0.305. The van der Waals surface area contributed by atoms with Gasteiger partial charge in [-0.2, -0.15) is 0 Å². The highest BCUT2D eigenvalue weighted by atomic mass is 16.6. The number of ether oxygens (including phenoxy) is 2. The Morgan fingerprint density at radius 3 is 2.38 bits per heavy atom. The summed E-state index contributed by atoms with van der Waals surface area (Å²) in [5.41, 5.74) is 1.84. The van der Waals surface area contributed by atoms with E-state index in [2.05, 4.69) is 5.32 Å². The average molecular weight is 402 g/mol. The van der Waals surface area contributed by atoms with Gasteiger partial charge in [-0.15, -0.1) is 0 Å². The minimum atomic E-state index is -0.831. The molecule has 0 bridgehead atoms. The highest BCUT2D eigenvalue weighted by molar-refractivity contribution is 5.99. The summed E-state index contributed by atoms with van der Waals surface area (Å²) in [7, 11) is 1.25. The third-order valence-electron chi connectivity index (χ3n) is 4.78. The largest absolute Gasteiger partial charge is 0.466 e. The SMILES string of the molecule is CCCCCOC(=O)C1=C(C)NC(C)=C(C(=O)OC)[C@@H]1c1cccc([N+](=O)[O-])c1. The van der Waals surface area contributed by atoms with Gasteiger partial charge in [0.25, 0.3) is 5.69 Å². The molecular weight excluding hydrogens is 376 g/mol. The first-order valence-corrected chi connectivity index (χ1v) is 9.50. The van der Waals surface area contributed by atoms with Crippen LogP contribution in [0.4, 0.5) is 5.69 Å². The number of non-ortho nitro benzene ring substituents is 1. The van der Waals surface area contributed by atoms with Crippen molar-refractivity contribution in [2.75, 3.05) is 13.7 Å². The van der Waals surface area contributed by atoms with Crippen molar-refractivity contribution in [2.45, 2.75) is 46.0 Å². The molecule has 0 saturated carbocycles. The molecule has 2 rings (SSSR count). The number of allylic oxidation sites excluding steroid dienone is 2. The van der Waals surface area contributed by atoms with Crippen molar-refractivity contribution in [2.24, 2.45) is 0 Å². The van der Waals surface area contributed by atoms with E-state index >= 15 is 0 Å². The van der Waals surface area contributed by atoms with Crippen LogP contribution < -0.4 is 5.32 Å². The third kappa shape index (κ3) is 5.01. The van der Waals surface area contributed by atoms with Crippen LogP contribution in [0.2, 0.25) is 0 Å². The highest BCUT2D eigenvalue weighted by Crippen LogP contribution is 2.40. The molecule has 1 atom stereocenters. The molecule has 1 aliphatic heterocycles. The van der Waals surface area contributed by atoms with E-state index in [1.807, 2.05) is 6.92 Å². The summed E-state index contributed by atoms with van der Waals surface area (Å²) in [6.45, 7) is 5.73. The van der Waals surface area contributed by atoms with Crippen LogP contribution in [0.25, 0.3) is 0 Å². The molecule has 1 aliphatic rings. The van der Waals surface area contributed by atoms with Gasteiger partial charge in [0.1, 0.15) is 0 Å². The van der Waals surface area contributed by atoms with Gasteiger partial charge in [0, 0.05) is 23.5 Å². The van der Waals surface area contributed by atoms with Gasteiger partial charge >= 0.3 is 11.9 Å². The van der Waals surface area contributed by atoms with Gasteiger partial charge in [-0.3, -0.25) is 10.1 Å². The normalized spacial score (nSPS) is 16.3. The number of unbranched alkanes of at least 4 members (excludes halogenated alkanes) is 2. The Labute approximate surface area is 169 Å². The van der Waals surface area contributed by atoms with Crippen LogP contribution in [0.3, 0.4) is 0 Å². The summed E-state index contributed by atoms with van der Waals surface area (Å²) in [4.78, 5) is 36.2. The second kappa shape index (κ2) is 9.86. The number of nitro benzene ring substituents is 1. The van der Waals surface area contributed by atoms with E-state index in [1.54, 1.807) is 19.9 Å². The summed E-state index contributed by atoms with van der Waals surface area (Å²) in [6, 6.07) is 5.90. The van der Waals surface area contributed by atoms with Crippen LogP contribution in [0.15, 0.2) is 46.8 Å². The van der Waals surface area contributed by atoms with E-state index in [-0.39, 0.29) is 23.4 Å². The minimum absolute atomic E-state index is 0.129. The van der Waals surface area contributed by atoms with Gasteiger partial charge in [-0.05, 0) is 25.8 Å². The first-order chi connectivity index (χ1) is 13.8. The highest BCUT2D eigenvalue weighted by Gasteiger charge is 2.38. The standard InChI is InChI=1S/C21H26N2O6/c1-5-6-7-11-29-21(25)18-14(3)22-13(2)17(20(24)28-4)19(18)15-9-8-10-16(12-15)23(26)27/h8-10,12,19,22H,5-7,11H2,1-4H3/t19-/m0/s1. The van der Waals surface area contributed by atoms with E-state index in [4.69, 9.17) is 9.47 Å². The first-order valence-electron chi connectivity index (χ1n) is 9.50. The number of carbonyl (C=O) groups excluding carboxylic acids is 2. The van der Waals surface area contributed by atoms with Gasteiger partial charge in [0.15, 0.2) is 0 Å². The summed E-state index contributed by atoms with van der Waals surface area (Å²) in [5.74, 6) is -2.01. The molecule has 0 aliphatic carbocycles. The monoisotopic (exact) mass is 402 g/mol. The zero-order valence-electron chi connectivity index (χ0n) is 17.1. The van der Waals surface area contributed by atoms with Crippen LogP contribution >= 0.6 is 0 Å². The predicted octanol–water partition coefficient (Wildman–Crippen LogP) is 3.74. The molecule has 0 spiro atoms. The number of esters is 2. The molecule has 1 heterocycles. The Morgan fingerprint density at radius 1 is 1.14 bits per heavy atom. The van der Waals surface area contributed by atoms with Crippen molar-refractivity contribution in [1.29, 1.82) is 0 Å². The Hall–Kier alpha value is -3.16. The lowest BCUT2D eigenvalue weighted by molar-refractivity contribution is -0.384. The van der Waals surface area contributed by atoms with E-state index in [0.717, 1.165) is 19.3 Å². The molecule has 1 aromatic carbocycles. The minimum Gasteiger partial charge on any atom is -0.466 e. The lowest BCUT2D eigenvalue weighted by atomic mass is 9.80. The number of rotatable bonds is 8. The maximum atomic E-state index is 12.9. The number of nitrogens with zero attached hydrogens (tertiary/aromatic N) is 1. The van der Waals surface area contributed by atoms with Crippen LogP contribution in [-0.4, -0.2) is 30.6 Å². The number of dihydropyridines is 1. The van der Waals surface area contributed by atoms with E-state index in [1.165, 1.54) is 25.3 Å². The fraction of sp³-hybridized carbons (Fsp3) is 0.429. The number of carbonyl (C=O) groups is 2. The van der Waals surface area contributed by atoms with Gasteiger partial charge in [0.2, 0.25) is 0 Å². The smallest absolute Gasteiger partial charge is 0.336 e. The number of nitro groups is 1. The Balaban J connectivity index is 2.53. The predicted molar refractivity (Wildman–Crippen MR) is 107 cm³/mol. The molecule has 8 heteroatoms. The lowest BCUT2D eigenvalue weighted by Gasteiger charge is -2.30. The third-order valence-corrected chi connectivity index (χ3v) is 4.78. The Bertz CT molecular complexity index is 872. The van der Waals surface area contributed by atoms with Gasteiger partial charge in [-0.1, -0.05) is 31.9 Å². The van der Waals surface area contributed by atoms with Crippen LogP contribution in [0.5, 0.6) is 0 Å². The molecule has 8 nitrogen and oxygen atoms in total. The summed E-state index contributed by atoms with van der Waals surface area (Å²) >= 11 is 0. The second-order valence-electron chi connectivity index (χ2n) is 6.82. The van der Waals surface area contributed by atoms with Crippen molar-refractivity contribution in [3.63, 3.8) is 0 Å². The van der Waals surface area contributed by atoms with Crippen molar-refractivity contribution < 1.29 is 24.0 Å². The zero-order chi connectivity index (χ0) is 21.6. The van der Waals surface area contributed by atoms with Gasteiger partial charge in [0.05, 0.1) is 35.7 Å². The molecular formula is C21H26N2O6. The first kappa shape index (κ1) is 22.1. The van der Waals surface area contributed by atoms with Crippen molar-refractivity contribution >= 4 is 17.6 Å². The molecule has 29 heavy (non-hydrogen) atoms. The molecule has 0 unspecified atom stereocenters. The molecule has 0 amide bonds. The fourth-order valence-electron chi connectivity index (χ4n) is 3.39. The summed E-state index contributed by atoms with van der Waals surface area (Å²) < 4.78 is 10.4. The average Bonchev–Trinajstić information content (AvgIpc) is 2.70. The number of nitrogens with one attached hydrogen (secondary N) is 1. The number of benzene rings is 1. The van der Waals surface area contributed by atoms with Gasteiger partial charge < -0.3 is 14.8 Å². The lowest BCUT2D eigenvalue weighted by Crippen LogP contribution is -2.32. The fourth-order valence-corrected chi connectivity index (χ4v) is 3.39. The van der Waals surface area contributed by atoms with E-state index < -0.39 is 22.8 Å². The van der Waals surface area contributed by atoms with Gasteiger partial charge in [-0.25, -0.2) is 9.59 Å². The van der Waals surface area contributed by atoms with Crippen LogP contribution in [-0.2, 0) is 19.1 Å². The number of methoxy groups -OCH3 is 1. The second-order valence-corrected chi connectivity index (χ2v) is 6.82. The van der Waals surface area contributed by atoms with Crippen molar-refractivity contribution in [1.82, 2.24) is 5.32 Å². The molecule has 0 radical (unpaired) electrons. The maximum Gasteiger partial charge on any atom is 0.336 e. The molecule has 1 N–H and O–H groups in total. The topological polar surface area (TPSA) is 108 Å². The van der Waals surface area contributed by atoms with Crippen LogP contribution in [0, 0.1) is 10.1 Å². The summed E-state index contributed by atoms with van der Waals surface area (Å²) in [5, 5.41) is 14.3. The molecule has 0 aromatic heterocycles. The Kier molecular flexibility index (Phi) is 7.52. The molecule has 1 aromatic rings. The van der Waals surface area contributed by atoms with E-state index in [0.29, 0.717) is 17.0 Å². The number of hydrogen-bond donors (Lipinski definition) is 1. The number of hydrogen-bond acceptors (Lipinski definition) is 7. The van der Waals surface area contributed by atoms with Crippen molar-refractivity contribution in [3.05, 3.63) is 62.5 Å². The zero-order valence-corrected chi connectivity index (χ0v) is 17.1. The maximum absolute atomic E-state index is 12.9. The Morgan fingerprint density at radius 2 is 1.79 bits per heavy atom. The van der Waals surface area contributed by atoms with Crippen molar-refractivity contribution in [3.8, 4) is 0 Å². The van der Waals surface area contributed by atoms with Crippen LogP contribution in [0.1, 0.15) is 51.5 Å².